The molecule has 0 spiro atoms. The van der Waals surface area contributed by atoms with Crippen LogP contribution in [0, 0.1) is 5.82 Å². The molecule has 7 heteroatoms. The Labute approximate surface area is 180 Å². The standard InChI is InChI=1S/C23H25ClFN5/c1-2-29-13-17-12-18(24)9-10-20(17)30-21(14-29)27-28-23(30)16-7-5-15(6-8-16)22-19(25)4-3-11-26-22/h3-4,9-12,15-16H,2,5-8,13-14H2,1H3. The van der Waals surface area contributed by atoms with Crippen molar-refractivity contribution in [2.24, 2.45) is 0 Å². The summed E-state index contributed by atoms with van der Waals surface area (Å²) in [5.74, 6) is 2.29. The number of pyridine rings is 1. The molecule has 2 aliphatic rings. The number of fused-ring (bicyclic) bond motifs is 3. The maximum Gasteiger partial charge on any atom is 0.151 e. The van der Waals surface area contributed by atoms with E-state index in [1.807, 2.05) is 6.07 Å². The van der Waals surface area contributed by atoms with Crippen molar-refractivity contribution >= 4 is 11.6 Å². The van der Waals surface area contributed by atoms with Crippen molar-refractivity contribution in [2.45, 2.75) is 57.5 Å². The molecule has 5 rings (SSSR count). The average Bonchev–Trinajstić information content (AvgIpc) is 3.10. The molecule has 1 saturated carbocycles. The zero-order valence-corrected chi connectivity index (χ0v) is 17.8. The van der Waals surface area contributed by atoms with Crippen molar-refractivity contribution in [3.05, 3.63) is 70.3 Å². The summed E-state index contributed by atoms with van der Waals surface area (Å²) < 4.78 is 16.4. The van der Waals surface area contributed by atoms with E-state index in [-0.39, 0.29) is 11.7 Å². The number of hydrogen-bond donors (Lipinski definition) is 0. The van der Waals surface area contributed by atoms with Crippen LogP contribution in [-0.4, -0.2) is 31.2 Å². The first-order chi connectivity index (χ1) is 14.6. The van der Waals surface area contributed by atoms with Gasteiger partial charge in [0.2, 0.25) is 0 Å². The molecule has 0 radical (unpaired) electrons. The second-order valence-corrected chi connectivity index (χ2v) is 8.74. The monoisotopic (exact) mass is 425 g/mol. The van der Waals surface area contributed by atoms with Crippen molar-refractivity contribution in [1.29, 1.82) is 0 Å². The minimum absolute atomic E-state index is 0.177. The molecule has 1 aliphatic heterocycles. The van der Waals surface area contributed by atoms with Gasteiger partial charge in [-0.25, -0.2) is 4.39 Å². The van der Waals surface area contributed by atoms with Crippen LogP contribution in [0.25, 0.3) is 5.69 Å². The van der Waals surface area contributed by atoms with Gasteiger partial charge in [0, 0.05) is 29.6 Å². The summed E-state index contributed by atoms with van der Waals surface area (Å²) in [5, 5.41) is 9.95. The Bertz CT molecular complexity index is 1060. The highest BCUT2D eigenvalue weighted by atomic mass is 35.5. The van der Waals surface area contributed by atoms with Crippen LogP contribution in [0.5, 0.6) is 0 Å². The molecule has 5 nitrogen and oxygen atoms in total. The predicted molar refractivity (Wildman–Crippen MR) is 114 cm³/mol. The lowest BCUT2D eigenvalue weighted by atomic mass is 9.79. The van der Waals surface area contributed by atoms with Crippen molar-refractivity contribution in [2.75, 3.05) is 6.54 Å². The Morgan fingerprint density at radius 1 is 1.07 bits per heavy atom. The fourth-order valence-electron chi connectivity index (χ4n) is 4.90. The van der Waals surface area contributed by atoms with Gasteiger partial charge in [-0.15, -0.1) is 10.2 Å². The third-order valence-corrected chi connectivity index (χ3v) is 6.74. The van der Waals surface area contributed by atoms with Gasteiger partial charge in [0.1, 0.15) is 11.6 Å². The first kappa shape index (κ1) is 19.6. The average molecular weight is 426 g/mol. The Morgan fingerprint density at radius 2 is 1.87 bits per heavy atom. The van der Waals surface area contributed by atoms with Crippen molar-refractivity contribution in [1.82, 2.24) is 24.6 Å². The molecule has 3 aromatic rings. The fourth-order valence-corrected chi connectivity index (χ4v) is 5.10. The second kappa shape index (κ2) is 8.08. The Morgan fingerprint density at radius 3 is 2.63 bits per heavy atom. The van der Waals surface area contributed by atoms with Crippen LogP contribution < -0.4 is 0 Å². The first-order valence-electron chi connectivity index (χ1n) is 10.7. The second-order valence-electron chi connectivity index (χ2n) is 8.31. The number of rotatable bonds is 3. The first-order valence-corrected chi connectivity index (χ1v) is 11.1. The molecule has 0 amide bonds. The van der Waals surface area contributed by atoms with E-state index in [1.165, 1.54) is 11.6 Å². The summed E-state index contributed by atoms with van der Waals surface area (Å²) in [5.41, 5.74) is 2.94. The molecule has 2 aromatic heterocycles. The summed E-state index contributed by atoms with van der Waals surface area (Å²) in [6.07, 6.45) is 5.42. The highest BCUT2D eigenvalue weighted by Gasteiger charge is 2.31. The minimum atomic E-state index is -0.192. The van der Waals surface area contributed by atoms with Crippen molar-refractivity contribution < 1.29 is 4.39 Å². The molecule has 156 valence electrons. The number of nitrogens with zero attached hydrogens (tertiary/aromatic N) is 5. The lowest BCUT2D eigenvalue weighted by molar-refractivity contribution is 0.268. The van der Waals surface area contributed by atoms with Crippen LogP contribution in [0.3, 0.4) is 0 Å². The SMILES string of the molecule is CCN1Cc2cc(Cl)ccc2-n2c(nnc2C2CCC(c3ncccc3F)CC2)C1. The molecule has 0 N–H and O–H groups in total. The van der Waals surface area contributed by atoms with Gasteiger partial charge in [-0.1, -0.05) is 18.5 Å². The molecule has 1 aromatic carbocycles. The summed E-state index contributed by atoms with van der Waals surface area (Å²) in [4.78, 5) is 6.66. The van der Waals surface area contributed by atoms with Crippen LogP contribution in [0.15, 0.2) is 36.5 Å². The van der Waals surface area contributed by atoms with Crippen molar-refractivity contribution in [3.63, 3.8) is 0 Å². The van der Waals surface area contributed by atoms with Gasteiger partial charge >= 0.3 is 0 Å². The Hall–Kier alpha value is -2.31. The fraction of sp³-hybridized carbons (Fsp3) is 0.435. The number of benzene rings is 1. The maximum absolute atomic E-state index is 14.2. The van der Waals surface area contributed by atoms with Crippen LogP contribution in [0.2, 0.25) is 5.02 Å². The van der Waals surface area contributed by atoms with E-state index in [0.717, 1.165) is 67.7 Å². The van der Waals surface area contributed by atoms with Gasteiger partial charge in [-0.05, 0) is 68.1 Å². The minimum Gasteiger partial charge on any atom is -0.292 e. The van der Waals surface area contributed by atoms with Gasteiger partial charge in [0.25, 0.3) is 0 Å². The van der Waals surface area contributed by atoms with Gasteiger partial charge in [0.05, 0.1) is 17.9 Å². The number of halogens is 2. The molecular formula is C23H25ClFN5. The largest absolute Gasteiger partial charge is 0.292 e. The van der Waals surface area contributed by atoms with Crippen LogP contribution in [0.1, 0.15) is 67.3 Å². The zero-order chi connectivity index (χ0) is 20.7. The molecule has 30 heavy (non-hydrogen) atoms. The molecule has 0 unspecified atom stereocenters. The van der Waals surface area contributed by atoms with Gasteiger partial charge in [-0.3, -0.25) is 14.5 Å². The maximum atomic E-state index is 14.2. The lowest BCUT2D eigenvalue weighted by Crippen LogP contribution is -2.21. The normalized spacial score (nSPS) is 21.7. The Balaban J connectivity index is 1.45. The third-order valence-electron chi connectivity index (χ3n) is 6.51. The summed E-state index contributed by atoms with van der Waals surface area (Å²) >= 11 is 6.30. The number of hydrogen-bond acceptors (Lipinski definition) is 4. The van der Waals surface area contributed by atoms with E-state index in [4.69, 9.17) is 11.6 Å². The topological polar surface area (TPSA) is 46.8 Å². The quantitative estimate of drug-likeness (QED) is 0.576. The van der Waals surface area contributed by atoms with Gasteiger partial charge in [-0.2, -0.15) is 0 Å². The van der Waals surface area contributed by atoms with E-state index in [9.17, 15) is 4.39 Å². The predicted octanol–water partition coefficient (Wildman–Crippen LogP) is 5.23. The Kier molecular flexibility index (Phi) is 5.29. The molecule has 0 bridgehead atoms. The highest BCUT2D eigenvalue weighted by Crippen LogP contribution is 2.41. The molecule has 1 aliphatic carbocycles. The smallest absolute Gasteiger partial charge is 0.151 e. The van der Waals surface area contributed by atoms with E-state index < -0.39 is 0 Å². The highest BCUT2D eigenvalue weighted by molar-refractivity contribution is 6.30. The summed E-state index contributed by atoms with van der Waals surface area (Å²) in [6.45, 7) is 4.72. The molecule has 0 atom stereocenters. The third kappa shape index (κ3) is 3.52. The van der Waals surface area contributed by atoms with Crippen LogP contribution in [-0.2, 0) is 13.1 Å². The molecular weight excluding hydrogens is 401 g/mol. The zero-order valence-electron chi connectivity index (χ0n) is 17.1. The van der Waals surface area contributed by atoms with Gasteiger partial charge < -0.3 is 0 Å². The van der Waals surface area contributed by atoms with Crippen LogP contribution >= 0.6 is 11.6 Å². The van der Waals surface area contributed by atoms with Crippen LogP contribution in [0.4, 0.5) is 4.39 Å². The summed E-state index contributed by atoms with van der Waals surface area (Å²) in [6, 6.07) is 9.24. The molecule has 0 saturated heterocycles. The summed E-state index contributed by atoms with van der Waals surface area (Å²) in [7, 11) is 0. The molecule has 1 fully saturated rings. The van der Waals surface area contributed by atoms with E-state index in [0.29, 0.717) is 11.6 Å². The van der Waals surface area contributed by atoms with E-state index >= 15 is 0 Å². The van der Waals surface area contributed by atoms with Crippen molar-refractivity contribution in [3.8, 4) is 5.69 Å². The van der Waals surface area contributed by atoms with Gasteiger partial charge in [0.15, 0.2) is 5.82 Å². The lowest BCUT2D eigenvalue weighted by Gasteiger charge is -2.28. The number of aromatic nitrogens is 4. The van der Waals surface area contributed by atoms with E-state index in [1.54, 1.807) is 12.3 Å². The molecule has 3 heterocycles. The van der Waals surface area contributed by atoms with E-state index in [2.05, 4.69) is 43.7 Å².